The first-order valence-corrected chi connectivity index (χ1v) is 17.1. The summed E-state index contributed by atoms with van der Waals surface area (Å²) in [6, 6.07) is 16.3. The van der Waals surface area contributed by atoms with Crippen LogP contribution in [0, 0.1) is 18.8 Å². The third kappa shape index (κ3) is 8.72. The SMILES string of the molecule is Cc1cc(C(=O)NC2CCNCC2)ncc1-c1ccc(C[C@H](NC(=O)[C@H]2CC[C@H](CN)CC2)C(=O)Nc2ccc(-c3nnn[nH]3)cc2)cc1. The highest BCUT2D eigenvalue weighted by molar-refractivity contribution is 5.98. The van der Waals surface area contributed by atoms with Gasteiger partial charge in [-0.05, 0) is 128 Å². The molecule has 7 N–H and O–H groups in total. The average molecular weight is 665 g/mol. The van der Waals surface area contributed by atoms with Crippen molar-refractivity contribution in [1.82, 2.24) is 41.6 Å². The van der Waals surface area contributed by atoms with E-state index >= 15 is 0 Å². The molecule has 49 heavy (non-hydrogen) atoms. The molecule has 1 aliphatic heterocycles. The number of pyridine rings is 1. The first-order valence-electron chi connectivity index (χ1n) is 17.1. The van der Waals surface area contributed by atoms with Crippen LogP contribution in [0.25, 0.3) is 22.5 Å². The van der Waals surface area contributed by atoms with Gasteiger partial charge in [-0.25, -0.2) is 5.10 Å². The molecule has 2 aromatic heterocycles. The summed E-state index contributed by atoms with van der Waals surface area (Å²) in [7, 11) is 0. The molecule has 1 atom stereocenters. The van der Waals surface area contributed by atoms with E-state index < -0.39 is 6.04 Å². The van der Waals surface area contributed by atoms with Crippen molar-refractivity contribution in [1.29, 1.82) is 0 Å². The largest absolute Gasteiger partial charge is 0.348 e. The van der Waals surface area contributed by atoms with E-state index in [-0.39, 0.29) is 29.7 Å². The van der Waals surface area contributed by atoms with Crippen LogP contribution in [0.5, 0.6) is 0 Å². The molecule has 2 aliphatic rings. The Hall–Kier alpha value is -5.01. The minimum Gasteiger partial charge on any atom is -0.348 e. The van der Waals surface area contributed by atoms with E-state index in [0.29, 0.717) is 36.1 Å². The maximum absolute atomic E-state index is 13.7. The molecule has 13 heteroatoms. The van der Waals surface area contributed by atoms with Gasteiger partial charge in [-0.3, -0.25) is 19.4 Å². The molecular formula is C36H44N10O3. The number of nitrogens with two attached hydrogens (primary N) is 1. The highest BCUT2D eigenvalue weighted by Gasteiger charge is 2.29. The number of hydrogen-bond acceptors (Lipinski definition) is 9. The monoisotopic (exact) mass is 664 g/mol. The molecule has 2 fully saturated rings. The summed E-state index contributed by atoms with van der Waals surface area (Å²) in [5, 5.41) is 26.3. The van der Waals surface area contributed by atoms with Crippen molar-refractivity contribution in [3.63, 3.8) is 0 Å². The van der Waals surface area contributed by atoms with Crippen LogP contribution >= 0.6 is 0 Å². The maximum atomic E-state index is 13.7. The molecule has 1 saturated heterocycles. The number of carbonyl (C=O) groups is 3. The van der Waals surface area contributed by atoms with Gasteiger partial charge < -0.3 is 27.0 Å². The van der Waals surface area contributed by atoms with Crippen LogP contribution in [0.2, 0.25) is 0 Å². The number of rotatable bonds is 11. The molecule has 1 saturated carbocycles. The van der Waals surface area contributed by atoms with Crippen LogP contribution in [0.4, 0.5) is 5.69 Å². The zero-order valence-corrected chi connectivity index (χ0v) is 27.7. The highest BCUT2D eigenvalue weighted by atomic mass is 16.2. The zero-order chi connectivity index (χ0) is 34.2. The number of carbonyl (C=O) groups excluding carboxylic acids is 3. The molecule has 4 aromatic rings. The number of nitrogens with one attached hydrogen (secondary N) is 5. The predicted molar refractivity (Wildman–Crippen MR) is 186 cm³/mol. The van der Waals surface area contributed by atoms with Crippen LogP contribution in [-0.4, -0.2) is 75.0 Å². The number of H-pyrrole nitrogens is 1. The van der Waals surface area contributed by atoms with Crippen molar-refractivity contribution in [2.24, 2.45) is 17.6 Å². The number of tetrazole rings is 1. The van der Waals surface area contributed by atoms with Gasteiger partial charge in [-0.15, -0.1) is 5.10 Å². The molecule has 0 bridgehead atoms. The third-order valence-corrected chi connectivity index (χ3v) is 9.68. The van der Waals surface area contributed by atoms with Crippen molar-refractivity contribution in [3.8, 4) is 22.5 Å². The molecule has 2 aromatic carbocycles. The lowest BCUT2D eigenvalue weighted by Gasteiger charge is -2.28. The van der Waals surface area contributed by atoms with Gasteiger partial charge in [-0.2, -0.15) is 0 Å². The summed E-state index contributed by atoms with van der Waals surface area (Å²) >= 11 is 0. The van der Waals surface area contributed by atoms with Crippen molar-refractivity contribution >= 4 is 23.4 Å². The summed E-state index contributed by atoms with van der Waals surface area (Å²) in [5.41, 5.74) is 11.3. The standard InChI is InChI=1S/C36H44N10O3/c1-22-18-31(35(48)41-29-14-16-38-17-15-29)39-21-30(22)25-6-2-23(3-7-25)19-32(42-34(47)27-8-4-24(20-37)5-9-27)36(49)40-28-12-10-26(11-13-28)33-43-45-46-44-33/h2-3,6-7,10-13,18,21,24,27,29,32,38H,4-5,8-9,14-17,19-20,37H2,1H3,(H,40,49)(H,41,48)(H,42,47)(H,43,44,45,46)/t24-,27-,32-/m0/s1. The Morgan fingerprint density at radius 2 is 1.65 bits per heavy atom. The summed E-state index contributed by atoms with van der Waals surface area (Å²) in [5.74, 6) is 0.265. The van der Waals surface area contributed by atoms with Gasteiger partial charge in [0.1, 0.15) is 11.7 Å². The Kier molecular flexibility index (Phi) is 11.0. The fraction of sp³-hybridized carbons (Fsp3) is 0.417. The van der Waals surface area contributed by atoms with Crippen molar-refractivity contribution in [2.45, 2.75) is 64.0 Å². The second kappa shape index (κ2) is 15.9. The van der Waals surface area contributed by atoms with Gasteiger partial charge in [0.2, 0.25) is 11.8 Å². The fourth-order valence-corrected chi connectivity index (χ4v) is 6.65. The van der Waals surface area contributed by atoms with Gasteiger partial charge >= 0.3 is 0 Å². The molecule has 3 amide bonds. The summed E-state index contributed by atoms with van der Waals surface area (Å²) in [6.07, 6.45) is 7.23. The van der Waals surface area contributed by atoms with Crippen LogP contribution in [0.15, 0.2) is 60.8 Å². The van der Waals surface area contributed by atoms with Crippen LogP contribution < -0.4 is 27.0 Å². The lowest BCUT2D eigenvalue weighted by atomic mass is 9.81. The van der Waals surface area contributed by atoms with Gasteiger partial charge in [0.25, 0.3) is 5.91 Å². The van der Waals surface area contributed by atoms with Gasteiger partial charge in [0.15, 0.2) is 5.82 Å². The Bertz CT molecular complexity index is 1710. The summed E-state index contributed by atoms with van der Waals surface area (Å²) in [6.45, 7) is 4.40. The number of hydrogen-bond donors (Lipinski definition) is 6. The Balaban J connectivity index is 1.14. The number of aromatic amines is 1. The highest BCUT2D eigenvalue weighted by Crippen LogP contribution is 2.29. The molecule has 0 unspecified atom stereocenters. The number of aryl methyl sites for hydroxylation is 1. The van der Waals surface area contributed by atoms with E-state index in [1.807, 2.05) is 49.4 Å². The third-order valence-electron chi connectivity index (χ3n) is 9.68. The summed E-state index contributed by atoms with van der Waals surface area (Å²) < 4.78 is 0. The second-order valence-electron chi connectivity index (χ2n) is 13.1. The molecule has 3 heterocycles. The Morgan fingerprint density at radius 3 is 2.31 bits per heavy atom. The molecule has 0 spiro atoms. The van der Waals surface area contributed by atoms with Crippen LogP contribution in [0.1, 0.15) is 60.1 Å². The second-order valence-corrected chi connectivity index (χ2v) is 13.1. The van der Waals surface area contributed by atoms with Crippen molar-refractivity contribution < 1.29 is 14.4 Å². The predicted octanol–water partition coefficient (Wildman–Crippen LogP) is 3.15. The normalized spacial score (nSPS) is 18.7. The molecular weight excluding hydrogens is 620 g/mol. The van der Waals surface area contributed by atoms with Crippen LogP contribution in [0.3, 0.4) is 0 Å². The molecule has 6 rings (SSSR count). The number of amides is 3. The van der Waals surface area contributed by atoms with Gasteiger partial charge in [0, 0.05) is 41.4 Å². The summed E-state index contributed by atoms with van der Waals surface area (Å²) in [4.78, 5) is 44.4. The first-order chi connectivity index (χ1) is 23.9. The van der Waals surface area contributed by atoms with E-state index in [0.717, 1.165) is 79.4 Å². The molecule has 0 radical (unpaired) electrons. The number of piperidine rings is 1. The quantitative estimate of drug-likeness (QED) is 0.140. The van der Waals surface area contributed by atoms with Crippen molar-refractivity contribution in [2.75, 3.05) is 25.0 Å². The van der Waals surface area contributed by atoms with E-state index in [1.165, 1.54) is 0 Å². The van der Waals surface area contributed by atoms with Crippen LogP contribution in [-0.2, 0) is 16.0 Å². The van der Waals surface area contributed by atoms with Gasteiger partial charge in [0.05, 0.1) is 0 Å². The Morgan fingerprint density at radius 1 is 0.939 bits per heavy atom. The zero-order valence-electron chi connectivity index (χ0n) is 27.7. The smallest absolute Gasteiger partial charge is 0.270 e. The molecule has 1 aliphatic carbocycles. The topological polar surface area (TPSA) is 193 Å². The molecule has 13 nitrogen and oxygen atoms in total. The van der Waals surface area contributed by atoms with E-state index in [4.69, 9.17) is 5.73 Å². The lowest BCUT2D eigenvalue weighted by Crippen LogP contribution is -2.48. The van der Waals surface area contributed by atoms with E-state index in [2.05, 4.69) is 46.9 Å². The number of nitrogens with zero attached hydrogens (tertiary/aromatic N) is 4. The molecule has 256 valence electrons. The minimum absolute atomic E-state index is 0.105. The van der Waals surface area contributed by atoms with Crippen molar-refractivity contribution in [3.05, 3.63) is 77.6 Å². The number of anilines is 1. The number of benzene rings is 2. The van der Waals surface area contributed by atoms with E-state index in [1.54, 1.807) is 18.3 Å². The first kappa shape index (κ1) is 33.9. The van der Waals surface area contributed by atoms with Gasteiger partial charge in [-0.1, -0.05) is 24.3 Å². The fourth-order valence-electron chi connectivity index (χ4n) is 6.65. The minimum atomic E-state index is -0.787. The lowest BCUT2D eigenvalue weighted by molar-refractivity contribution is -0.130. The maximum Gasteiger partial charge on any atom is 0.270 e. The number of aromatic nitrogens is 5. The van der Waals surface area contributed by atoms with E-state index in [9.17, 15) is 14.4 Å². The Labute approximate surface area is 285 Å². The average Bonchev–Trinajstić information content (AvgIpc) is 3.68.